The van der Waals surface area contributed by atoms with Crippen LogP contribution in [0.5, 0.6) is 11.5 Å². The van der Waals surface area contributed by atoms with Crippen molar-refractivity contribution in [3.8, 4) is 11.5 Å². The number of ether oxygens (including phenoxy) is 2. The Hall–Kier alpha value is -4.10. The molecule has 1 aliphatic heterocycles. The molecular formula is C32H36N2O5. The van der Waals surface area contributed by atoms with Crippen molar-refractivity contribution < 1.29 is 24.2 Å². The van der Waals surface area contributed by atoms with Gasteiger partial charge >= 0.3 is 0 Å². The molecule has 1 unspecified atom stereocenters. The number of nitrogens with zero attached hydrogens (tertiary/aromatic N) is 2. The molecule has 7 nitrogen and oxygen atoms in total. The molecule has 1 amide bonds. The molecule has 0 aliphatic carbocycles. The molecule has 1 fully saturated rings. The highest BCUT2D eigenvalue weighted by Crippen LogP contribution is 2.40. The number of hydrogen-bond acceptors (Lipinski definition) is 6. The van der Waals surface area contributed by atoms with Crippen molar-refractivity contribution in [3.63, 3.8) is 0 Å². The molecule has 0 saturated carbocycles. The van der Waals surface area contributed by atoms with Crippen LogP contribution in [0.3, 0.4) is 0 Å². The summed E-state index contributed by atoms with van der Waals surface area (Å²) < 4.78 is 11.3. The van der Waals surface area contributed by atoms with Crippen LogP contribution >= 0.6 is 0 Å². The quantitative estimate of drug-likeness (QED) is 0.192. The smallest absolute Gasteiger partial charge is 0.295 e. The molecule has 1 N–H and O–H groups in total. The molecule has 1 heterocycles. The van der Waals surface area contributed by atoms with E-state index in [1.54, 1.807) is 36.3 Å². The zero-order valence-corrected chi connectivity index (χ0v) is 22.8. The molecule has 1 atom stereocenters. The van der Waals surface area contributed by atoms with Crippen molar-refractivity contribution >= 4 is 17.4 Å². The van der Waals surface area contributed by atoms with Gasteiger partial charge < -0.3 is 24.4 Å². The van der Waals surface area contributed by atoms with Gasteiger partial charge in [0.1, 0.15) is 23.9 Å². The number of ketones is 1. The predicted molar refractivity (Wildman–Crippen MR) is 152 cm³/mol. The summed E-state index contributed by atoms with van der Waals surface area (Å²) in [5, 5.41) is 11.3. The van der Waals surface area contributed by atoms with Crippen molar-refractivity contribution in [2.45, 2.75) is 32.9 Å². The zero-order valence-electron chi connectivity index (χ0n) is 22.8. The maximum absolute atomic E-state index is 13.4. The van der Waals surface area contributed by atoms with E-state index in [1.165, 1.54) is 0 Å². The second-order valence-electron chi connectivity index (χ2n) is 9.45. The number of aliphatic hydroxyl groups is 1. The van der Waals surface area contributed by atoms with Crippen LogP contribution in [-0.4, -0.2) is 59.9 Å². The third kappa shape index (κ3) is 6.49. The van der Waals surface area contributed by atoms with E-state index in [-0.39, 0.29) is 11.3 Å². The van der Waals surface area contributed by atoms with Gasteiger partial charge in [-0.3, -0.25) is 9.59 Å². The van der Waals surface area contributed by atoms with E-state index in [2.05, 4.69) is 18.7 Å². The number of carbonyl (C=O) groups is 2. The van der Waals surface area contributed by atoms with Crippen LogP contribution in [0, 0.1) is 0 Å². The summed E-state index contributed by atoms with van der Waals surface area (Å²) >= 11 is 0. The molecular weight excluding hydrogens is 492 g/mol. The summed E-state index contributed by atoms with van der Waals surface area (Å²) in [5.41, 5.74) is 2.26. The van der Waals surface area contributed by atoms with E-state index >= 15 is 0 Å². The molecule has 0 aromatic heterocycles. The number of methoxy groups -OCH3 is 1. The van der Waals surface area contributed by atoms with E-state index in [4.69, 9.17) is 9.47 Å². The van der Waals surface area contributed by atoms with Crippen LogP contribution in [0.4, 0.5) is 0 Å². The maximum atomic E-state index is 13.4. The van der Waals surface area contributed by atoms with Crippen LogP contribution in [-0.2, 0) is 16.2 Å². The average Bonchev–Trinajstić information content (AvgIpc) is 3.23. The van der Waals surface area contributed by atoms with Gasteiger partial charge in [-0.2, -0.15) is 0 Å². The Morgan fingerprint density at radius 3 is 2.31 bits per heavy atom. The molecule has 0 spiro atoms. The molecule has 0 bridgehead atoms. The Bertz CT molecular complexity index is 1300. The Kier molecular flexibility index (Phi) is 9.39. The maximum Gasteiger partial charge on any atom is 0.295 e. The van der Waals surface area contributed by atoms with Gasteiger partial charge in [0, 0.05) is 12.1 Å². The minimum Gasteiger partial charge on any atom is -0.507 e. The minimum atomic E-state index is -0.732. The normalized spacial score (nSPS) is 16.6. The van der Waals surface area contributed by atoms with Gasteiger partial charge in [0.15, 0.2) is 0 Å². The highest BCUT2D eigenvalue weighted by molar-refractivity contribution is 6.46. The SMILES string of the molecule is CCN(CC)CCCN1C(=O)C(=O)C(=C(O)c2ccc(OC)cc2)C1c1cccc(OCc2ccccc2)c1. The second kappa shape index (κ2) is 13.1. The van der Waals surface area contributed by atoms with Crippen molar-refractivity contribution in [1.29, 1.82) is 0 Å². The van der Waals surface area contributed by atoms with Crippen LogP contribution in [0.1, 0.15) is 43.0 Å². The van der Waals surface area contributed by atoms with E-state index in [1.807, 2.05) is 54.6 Å². The molecule has 3 aromatic rings. The summed E-state index contributed by atoms with van der Waals surface area (Å²) in [6, 6.07) is 23.3. The summed E-state index contributed by atoms with van der Waals surface area (Å²) in [4.78, 5) is 30.5. The van der Waals surface area contributed by atoms with Crippen LogP contribution in [0.15, 0.2) is 84.4 Å². The fraction of sp³-hybridized carbons (Fsp3) is 0.312. The molecule has 39 heavy (non-hydrogen) atoms. The number of amides is 1. The van der Waals surface area contributed by atoms with Gasteiger partial charge in [-0.1, -0.05) is 56.3 Å². The lowest BCUT2D eigenvalue weighted by Crippen LogP contribution is -2.33. The lowest BCUT2D eigenvalue weighted by molar-refractivity contribution is -0.140. The summed E-state index contributed by atoms with van der Waals surface area (Å²) in [6.45, 7) is 7.62. The summed E-state index contributed by atoms with van der Waals surface area (Å²) in [5.74, 6) is -0.252. The number of hydrogen-bond donors (Lipinski definition) is 1. The monoisotopic (exact) mass is 528 g/mol. The van der Waals surface area contributed by atoms with Crippen molar-refractivity contribution in [1.82, 2.24) is 9.80 Å². The van der Waals surface area contributed by atoms with Gasteiger partial charge in [-0.05, 0) is 73.6 Å². The molecule has 4 rings (SSSR count). The van der Waals surface area contributed by atoms with Crippen molar-refractivity contribution in [3.05, 3.63) is 101 Å². The third-order valence-electron chi connectivity index (χ3n) is 7.09. The predicted octanol–water partition coefficient (Wildman–Crippen LogP) is 5.43. The first-order chi connectivity index (χ1) is 19.0. The standard InChI is InChI=1S/C32H36N2O5/c1-4-33(5-2)19-10-20-34-29(25-13-9-14-27(21-25)39-22-23-11-7-6-8-12-23)28(31(36)32(34)37)30(35)24-15-17-26(38-3)18-16-24/h6-9,11-18,21,29,35H,4-5,10,19-20,22H2,1-3H3. The molecule has 1 saturated heterocycles. The lowest BCUT2D eigenvalue weighted by atomic mass is 9.95. The number of likely N-dealkylation sites (tertiary alicyclic amines) is 1. The van der Waals surface area contributed by atoms with Gasteiger partial charge in [-0.15, -0.1) is 0 Å². The molecule has 3 aromatic carbocycles. The van der Waals surface area contributed by atoms with Crippen LogP contribution in [0.25, 0.3) is 5.76 Å². The Balaban J connectivity index is 1.69. The van der Waals surface area contributed by atoms with E-state index in [0.717, 1.165) is 25.2 Å². The molecule has 7 heteroatoms. The van der Waals surface area contributed by atoms with E-state index < -0.39 is 17.7 Å². The third-order valence-corrected chi connectivity index (χ3v) is 7.09. The Labute approximate surface area is 230 Å². The van der Waals surface area contributed by atoms with Crippen LogP contribution < -0.4 is 9.47 Å². The lowest BCUT2D eigenvalue weighted by Gasteiger charge is -2.27. The van der Waals surface area contributed by atoms with Gasteiger partial charge in [0.05, 0.1) is 18.7 Å². The first-order valence-corrected chi connectivity index (χ1v) is 13.4. The van der Waals surface area contributed by atoms with Crippen LogP contribution in [0.2, 0.25) is 0 Å². The van der Waals surface area contributed by atoms with Crippen molar-refractivity contribution in [2.24, 2.45) is 0 Å². The number of Topliss-reactive ketones (excluding diaryl/α,β-unsaturated/α-hetero) is 1. The number of carbonyl (C=O) groups excluding carboxylic acids is 2. The van der Waals surface area contributed by atoms with E-state index in [9.17, 15) is 14.7 Å². The molecule has 0 radical (unpaired) electrons. The van der Waals surface area contributed by atoms with Gasteiger partial charge in [-0.25, -0.2) is 0 Å². The van der Waals surface area contributed by atoms with Crippen molar-refractivity contribution in [2.75, 3.05) is 33.3 Å². The number of aliphatic hydroxyl groups excluding tert-OH is 1. The average molecular weight is 529 g/mol. The van der Waals surface area contributed by atoms with E-state index in [0.29, 0.717) is 42.2 Å². The molecule has 1 aliphatic rings. The number of benzene rings is 3. The first-order valence-electron chi connectivity index (χ1n) is 13.4. The summed E-state index contributed by atoms with van der Waals surface area (Å²) in [6.07, 6.45) is 0.706. The second-order valence-corrected chi connectivity index (χ2v) is 9.45. The van der Waals surface area contributed by atoms with Gasteiger partial charge in [0.2, 0.25) is 0 Å². The highest BCUT2D eigenvalue weighted by Gasteiger charge is 2.45. The van der Waals surface area contributed by atoms with Gasteiger partial charge in [0.25, 0.3) is 11.7 Å². The largest absolute Gasteiger partial charge is 0.507 e. The Morgan fingerprint density at radius 2 is 1.64 bits per heavy atom. The highest BCUT2D eigenvalue weighted by atomic mass is 16.5. The molecule has 204 valence electrons. The fourth-order valence-corrected chi connectivity index (χ4v) is 4.88. The summed E-state index contributed by atoms with van der Waals surface area (Å²) in [7, 11) is 1.56. The topological polar surface area (TPSA) is 79.3 Å². The number of rotatable bonds is 12. The zero-order chi connectivity index (χ0) is 27.8. The Morgan fingerprint density at radius 1 is 0.923 bits per heavy atom. The minimum absolute atomic E-state index is 0.0771. The first kappa shape index (κ1) is 27.9. The fourth-order valence-electron chi connectivity index (χ4n) is 4.88.